The second-order valence-corrected chi connectivity index (χ2v) is 7.56. The third-order valence-electron chi connectivity index (χ3n) is 5.02. The molecule has 1 aromatic carbocycles. The lowest BCUT2D eigenvalue weighted by atomic mass is 9.89. The van der Waals surface area contributed by atoms with E-state index in [-0.39, 0.29) is 24.8 Å². The fraction of sp³-hybridized carbons (Fsp3) is 0.300. The summed E-state index contributed by atoms with van der Waals surface area (Å²) in [6.07, 6.45) is 0.541. The van der Waals surface area contributed by atoms with Crippen molar-refractivity contribution in [1.82, 2.24) is 15.0 Å². The van der Waals surface area contributed by atoms with Crippen molar-refractivity contribution in [3.8, 4) is 11.4 Å². The van der Waals surface area contributed by atoms with Crippen molar-refractivity contribution in [1.29, 1.82) is 0 Å². The number of thiophene rings is 1. The molecule has 1 amide bonds. The predicted molar refractivity (Wildman–Crippen MR) is 103 cm³/mol. The number of hydrogen-bond donors (Lipinski definition) is 1. The molecule has 2 aromatic heterocycles. The molecule has 8 heteroatoms. The molecular formula is C20H19N3O4S. The molecule has 2 unspecified atom stereocenters. The van der Waals surface area contributed by atoms with E-state index in [9.17, 15) is 14.7 Å². The maximum Gasteiger partial charge on any atom is 0.308 e. The number of hydrogen-bond acceptors (Lipinski definition) is 6. The van der Waals surface area contributed by atoms with Crippen LogP contribution < -0.4 is 0 Å². The molecule has 0 saturated carbocycles. The van der Waals surface area contributed by atoms with Gasteiger partial charge in [0.05, 0.1) is 5.92 Å². The molecular weight excluding hydrogens is 378 g/mol. The Morgan fingerprint density at radius 1 is 1.21 bits per heavy atom. The lowest BCUT2D eigenvalue weighted by Gasteiger charge is -2.16. The minimum Gasteiger partial charge on any atom is -0.481 e. The normalized spacial score (nSPS) is 19.1. The van der Waals surface area contributed by atoms with Crippen LogP contribution in [-0.4, -0.2) is 45.1 Å². The van der Waals surface area contributed by atoms with E-state index in [1.54, 1.807) is 16.2 Å². The largest absolute Gasteiger partial charge is 0.481 e. The lowest BCUT2D eigenvalue weighted by molar-refractivity contribution is -0.141. The van der Waals surface area contributed by atoms with Crippen molar-refractivity contribution in [3.05, 3.63) is 58.6 Å². The Morgan fingerprint density at radius 2 is 2.04 bits per heavy atom. The molecule has 1 N–H and O–H groups in total. The number of carboxylic acids is 1. The van der Waals surface area contributed by atoms with Crippen molar-refractivity contribution < 1.29 is 19.2 Å². The molecule has 28 heavy (non-hydrogen) atoms. The Balaban J connectivity index is 1.39. The Labute approximate surface area is 165 Å². The standard InChI is InChI=1S/C20H19N3O4S/c24-18(7-6-17-21-19(22-27-17)14-8-9-28-12-14)23-10-15(16(11-23)20(25)26)13-4-2-1-3-5-13/h1-5,8-9,12,15-16H,6-7,10-11H2,(H,25,26). The highest BCUT2D eigenvalue weighted by Gasteiger charge is 2.40. The molecule has 0 radical (unpaired) electrons. The molecule has 3 heterocycles. The first-order valence-electron chi connectivity index (χ1n) is 9.02. The van der Waals surface area contributed by atoms with Crippen LogP contribution in [-0.2, 0) is 16.0 Å². The molecule has 144 valence electrons. The monoisotopic (exact) mass is 397 g/mol. The van der Waals surface area contributed by atoms with Crippen molar-refractivity contribution in [2.24, 2.45) is 5.92 Å². The fourth-order valence-corrected chi connectivity index (χ4v) is 4.17. The second kappa shape index (κ2) is 7.93. The third-order valence-corrected chi connectivity index (χ3v) is 5.70. The highest BCUT2D eigenvalue weighted by Crippen LogP contribution is 2.33. The molecule has 2 atom stereocenters. The van der Waals surface area contributed by atoms with Crippen LogP contribution in [0, 0.1) is 5.92 Å². The van der Waals surface area contributed by atoms with Gasteiger partial charge in [-0.3, -0.25) is 9.59 Å². The number of rotatable bonds is 6. The maximum atomic E-state index is 12.6. The Morgan fingerprint density at radius 3 is 2.75 bits per heavy atom. The van der Waals surface area contributed by atoms with Crippen LogP contribution in [0.1, 0.15) is 23.8 Å². The van der Waals surface area contributed by atoms with E-state index in [0.29, 0.717) is 24.7 Å². The first kappa shape index (κ1) is 18.4. The van der Waals surface area contributed by atoms with E-state index >= 15 is 0 Å². The van der Waals surface area contributed by atoms with Crippen molar-refractivity contribution >= 4 is 23.2 Å². The van der Waals surface area contributed by atoms with Gasteiger partial charge in [0.2, 0.25) is 17.6 Å². The minimum absolute atomic E-state index is 0.0973. The number of amides is 1. The zero-order chi connectivity index (χ0) is 19.5. The summed E-state index contributed by atoms with van der Waals surface area (Å²) in [5.74, 6) is -0.847. The number of carboxylic acid groups (broad SMARTS) is 1. The molecule has 0 aliphatic carbocycles. The van der Waals surface area contributed by atoms with Gasteiger partial charge in [-0.15, -0.1) is 0 Å². The van der Waals surface area contributed by atoms with Crippen LogP contribution in [0.3, 0.4) is 0 Å². The summed E-state index contributed by atoms with van der Waals surface area (Å²) in [5.41, 5.74) is 1.84. The number of likely N-dealkylation sites (tertiary alicyclic amines) is 1. The van der Waals surface area contributed by atoms with Crippen LogP contribution in [0.25, 0.3) is 11.4 Å². The first-order valence-corrected chi connectivity index (χ1v) is 9.97. The average molecular weight is 397 g/mol. The Kier molecular flexibility index (Phi) is 5.21. The number of aliphatic carboxylic acids is 1. The SMILES string of the molecule is O=C(O)C1CN(C(=O)CCc2nc(-c3ccsc3)no2)CC1c1ccccc1. The van der Waals surface area contributed by atoms with Gasteiger partial charge in [-0.05, 0) is 17.0 Å². The van der Waals surface area contributed by atoms with Gasteiger partial charge in [-0.1, -0.05) is 35.5 Å². The molecule has 0 bridgehead atoms. The number of aromatic nitrogens is 2. The van der Waals surface area contributed by atoms with Gasteiger partial charge in [-0.2, -0.15) is 16.3 Å². The van der Waals surface area contributed by atoms with Crippen LogP contribution in [0.2, 0.25) is 0 Å². The lowest BCUT2D eigenvalue weighted by Crippen LogP contribution is -2.30. The van der Waals surface area contributed by atoms with Crippen molar-refractivity contribution in [2.75, 3.05) is 13.1 Å². The van der Waals surface area contributed by atoms with E-state index in [0.717, 1.165) is 11.1 Å². The Bertz CT molecular complexity index is 955. The van der Waals surface area contributed by atoms with Gasteiger partial charge in [0, 0.05) is 42.8 Å². The second-order valence-electron chi connectivity index (χ2n) is 6.78. The number of nitrogens with zero attached hydrogens (tertiary/aromatic N) is 3. The number of aryl methyl sites for hydroxylation is 1. The van der Waals surface area contributed by atoms with E-state index in [1.807, 2.05) is 47.2 Å². The fourth-order valence-electron chi connectivity index (χ4n) is 3.53. The number of carbonyl (C=O) groups is 2. The van der Waals surface area contributed by atoms with Gasteiger partial charge in [0.1, 0.15) is 0 Å². The van der Waals surface area contributed by atoms with Gasteiger partial charge in [-0.25, -0.2) is 0 Å². The minimum atomic E-state index is -0.874. The maximum absolute atomic E-state index is 12.6. The van der Waals surface area contributed by atoms with Gasteiger partial charge in [0.25, 0.3) is 0 Å². The predicted octanol–water partition coefficient (Wildman–Crippen LogP) is 3.06. The zero-order valence-electron chi connectivity index (χ0n) is 15.0. The summed E-state index contributed by atoms with van der Waals surface area (Å²) in [7, 11) is 0. The van der Waals surface area contributed by atoms with E-state index in [1.165, 1.54) is 0 Å². The van der Waals surface area contributed by atoms with Crippen molar-refractivity contribution in [2.45, 2.75) is 18.8 Å². The van der Waals surface area contributed by atoms with Gasteiger partial charge >= 0.3 is 5.97 Å². The third kappa shape index (κ3) is 3.82. The molecule has 1 saturated heterocycles. The average Bonchev–Trinajstić information content (AvgIpc) is 3.46. The van der Waals surface area contributed by atoms with E-state index < -0.39 is 11.9 Å². The molecule has 3 aromatic rings. The van der Waals surface area contributed by atoms with Gasteiger partial charge < -0.3 is 14.5 Å². The zero-order valence-corrected chi connectivity index (χ0v) is 15.8. The quantitative estimate of drug-likeness (QED) is 0.687. The summed E-state index contributed by atoms with van der Waals surface area (Å²) in [5, 5.41) is 17.4. The molecule has 4 rings (SSSR count). The van der Waals surface area contributed by atoms with Crippen LogP contribution >= 0.6 is 11.3 Å². The molecule has 7 nitrogen and oxygen atoms in total. The number of benzene rings is 1. The van der Waals surface area contributed by atoms with Crippen LogP contribution in [0.15, 0.2) is 51.7 Å². The Hall–Kier alpha value is -3.00. The molecule has 1 aliphatic heterocycles. The highest BCUT2D eigenvalue weighted by molar-refractivity contribution is 7.08. The van der Waals surface area contributed by atoms with Gasteiger partial charge in [0.15, 0.2) is 0 Å². The molecule has 1 fully saturated rings. The summed E-state index contributed by atoms with van der Waals surface area (Å²) in [4.78, 5) is 30.3. The molecule has 0 spiro atoms. The summed E-state index contributed by atoms with van der Waals surface area (Å²) in [6, 6.07) is 11.4. The molecule has 1 aliphatic rings. The summed E-state index contributed by atoms with van der Waals surface area (Å²) in [6.45, 7) is 0.627. The highest BCUT2D eigenvalue weighted by atomic mass is 32.1. The summed E-state index contributed by atoms with van der Waals surface area (Å²) >= 11 is 1.55. The topological polar surface area (TPSA) is 96.5 Å². The summed E-state index contributed by atoms with van der Waals surface area (Å²) < 4.78 is 5.23. The van der Waals surface area contributed by atoms with E-state index in [4.69, 9.17) is 4.52 Å². The van der Waals surface area contributed by atoms with E-state index in [2.05, 4.69) is 10.1 Å². The number of carbonyl (C=O) groups excluding carboxylic acids is 1. The van der Waals surface area contributed by atoms with Crippen LogP contribution in [0.4, 0.5) is 0 Å². The van der Waals surface area contributed by atoms with Crippen LogP contribution in [0.5, 0.6) is 0 Å². The van der Waals surface area contributed by atoms with Crippen molar-refractivity contribution in [3.63, 3.8) is 0 Å². The smallest absolute Gasteiger partial charge is 0.308 e. The first-order chi connectivity index (χ1) is 13.6.